The van der Waals surface area contributed by atoms with Crippen LogP contribution in [0.1, 0.15) is 43.9 Å². The van der Waals surface area contributed by atoms with Crippen molar-refractivity contribution in [1.29, 1.82) is 5.26 Å². The molecule has 2 aromatic rings. The van der Waals surface area contributed by atoms with Crippen molar-refractivity contribution in [1.82, 2.24) is 4.98 Å². The Kier molecular flexibility index (Phi) is 7.36. The lowest BCUT2D eigenvalue weighted by atomic mass is 10.0. The van der Waals surface area contributed by atoms with Crippen molar-refractivity contribution in [3.8, 4) is 23.1 Å². The van der Waals surface area contributed by atoms with Gasteiger partial charge in [-0.2, -0.15) is 18.4 Å². The van der Waals surface area contributed by atoms with Crippen molar-refractivity contribution >= 4 is 11.8 Å². The van der Waals surface area contributed by atoms with E-state index in [2.05, 4.69) is 18.8 Å². The summed E-state index contributed by atoms with van der Waals surface area (Å²) < 4.78 is 46.2. The monoisotopic (exact) mass is 408 g/mol. The fourth-order valence-corrected chi connectivity index (χ4v) is 3.35. The first-order chi connectivity index (χ1) is 13.2. The van der Waals surface area contributed by atoms with Gasteiger partial charge in [-0.1, -0.05) is 20.8 Å². The number of halogens is 3. The number of rotatable bonds is 7. The Bertz CT molecular complexity index is 873. The molecule has 2 rings (SSSR count). The van der Waals surface area contributed by atoms with E-state index in [0.29, 0.717) is 29.6 Å². The highest BCUT2D eigenvalue weighted by atomic mass is 32.2. The second-order valence-corrected chi connectivity index (χ2v) is 8.04. The molecule has 1 aromatic heterocycles. The van der Waals surface area contributed by atoms with Gasteiger partial charge in [-0.3, -0.25) is 0 Å². The number of hydrogen-bond donors (Lipinski definition) is 0. The average molecular weight is 408 g/mol. The summed E-state index contributed by atoms with van der Waals surface area (Å²) in [6, 6.07) is 7.83. The van der Waals surface area contributed by atoms with Crippen LogP contribution in [0.15, 0.2) is 29.3 Å². The molecule has 0 spiro atoms. The van der Waals surface area contributed by atoms with E-state index in [4.69, 9.17) is 4.74 Å². The van der Waals surface area contributed by atoms with Crippen molar-refractivity contribution in [2.45, 2.75) is 45.3 Å². The third-order valence-electron chi connectivity index (χ3n) is 4.11. The van der Waals surface area contributed by atoms with Gasteiger partial charge < -0.3 is 4.74 Å². The molecule has 150 valence electrons. The zero-order valence-electron chi connectivity index (χ0n) is 16.4. The molecule has 0 aliphatic rings. The van der Waals surface area contributed by atoms with E-state index in [-0.39, 0.29) is 10.7 Å². The summed E-state index contributed by atoms with van der Waals surface area (Å²) >= 11 is 1.13. The van der Waals surface area contributed by atoms with Gasteiger partial charge in [0.05, 0.1) is 23.4 Å². The summed E-state index contributed by atoms with van der Waals surface area (Å²) in [6.45, 7) is 8.47. The van der Waals surface area contributed by atoms with Crippen LogP contribution in [-0.2, 0) is 6.18 Å². The molecule has 0 saturated carbocycles. The second-order valence-electron chi connectivity index (χ2n) is 6.79. The summed E-state index contributed by atoms with van der Waals surface area (Å²) in [7, 11) is 0. The van der Waals surface area contributed by atoms with Crippen LogP contribution in [0.5, 0.6) is 5.75 Å². The number of aromatic nitrogens is 1. The first kappa shape index (κ1) is 22.1. The van der Waals surface area contributed by atoms with E-state index in [1.807, 2.05) is 6.92 Å². The maximum Gasteiger partial charge on any atom is 0.417 e. The molecule has 1 aromatic carbocycles. The normalized spacial score (nSPS) is 11.5. The molecule has 0 aliphatic heterocycles. The molecular weight excluding hydrogens is 385 g/mol. The third-order valence-corrected chi connectivity index (χ3v) is 4.97. The van der Waals surface area contributed by atoms with Crippen LogP contribution >= 0.6 is 11.8 Å². The fourth-order valence-electron chi connectivity index (χ4n) is 2.62. The quantitative estimate of drug-likeness (QED) is 0.492. The van der Waals surface area contributed by atoms with E-state index >= 15 is 0 Å². The number of aryl methyl sites for hydroxylation is 1. The number of thioether (sulfide) groups is 1. The number of pyridine rings is 1. The SMILES string of the molecule is CCSc1nc(-c2ccc(OCCC(C)C)c(C)c2)cc(C(F)(F)F)c1C#N. The number of hydrogen-bond acceptors (Lipinski definition) is 4. The molecule has 0 radical (unpaired) electrons. The predicted molar refractivity (Wildman–Crippen MR) is 105 cm³/mol. The Morgan fingerprint density at radius 2 is 1.96 bits per heavy atom. The minimum atomic E-state index is -4.62. The topological polar surface area (TPSA) is 45.9 Å². The van der Waals surface area contributed by atoms with Crippen molar-refractivity contribution in [3.05, 3.63) is 41.0 Å². The largest absolute Gasteiger partial charge is 0.493 e. The standard InChI is InChI=1S/C21H23F3N2OS/c1-5-28-20-16(12-25)17(21(22,23)24)11-18(26-20)15-6-7-19(14(4)10-15)27-9-8-13(2)3/h6-7,10-11,13H,5,8-9H2,1-4H3. The number of ether oxygens (including phenoxy) is 1. The average Bonchev–Trinajstić information content (AvgIpc) is 2.61. The lowest BCUT2D eigenvalue weighted by Crippen LogP contribution is -2.10. The maximum absolute atomic E-state index is 13.5. The Morgan fingerprint density at radius 1 is 1.25 bits per heavy atom. The van der Waals surface area contributed by atoms with Crippen LogP contribution < -0.4 is 4.74 Å². The van der Waals surface area contributed by atoms with Crippen molar-refractivity contribution in [3.63, 3.8) is 0 Å². The molecule has 0 bridgehead atoms. The first-order valence-corrected chi connectivity index (χ1v) is 10.0. The molecule has 0 aliphatic carbocycles. The molecule has 0 saturated heterocycles. The van der Waals surface area contributed by atoms with Crippen LogP contribution in [0.4, 0.5) is 13.2 Å². The Morgan fingerprint density at radius 3 is 2.50 bits per heavy atom. The summed E-state index contributed by atoms with van der Waals surface area (Å²) in [5, 5.41) is 9.33. The van der Waals surface area contributed by atoms with Crippen LogP contribution in [-0.4, -0.2) is 17.3 Å². The predicted octanol–water partition coefficient (Wildman–Crippen LogP) is 6.48. The number of nitriles is 1. The van der Waals surface area contributed by atoms with Crippen LogP contribution in [0.25, 0.3) is 11.3 Å². The summed E-state index contributed by atoms with van der Waals surface area (Å²) in [4.78, 5) is 4.33. The highest BCUT2D eigenvalue weighted by Gasteiger charge is 2.36. The summed E-state index contributed by atoms with van der Waals surface area (Å²) in [5.41, 5.74) is 0.200. The molecule has 0 unspecified atom stereocenters. The van der Waals surface area contributed by atoms with Crippen molar-refractivity contribution in [2.75, 3.05) is 12.4 Å². The third kappa shape index (κ3) is 5.41. The Hall–Kier alpha value is -2.20. The molecule has 0 fully saturated rings. The van der Waals surface area contributed by atoms with Gasteiger partial charge in [0.25, 0.3) is 0 Å². The van der Waals surface area contributed by atoms with Crippen molar-refractivity contribution in [2.24, 2.45) is 5.92 Å². The Balaban J connectivity index is 2.45. The number of benzene rings is 1. The molecular formula is C21H23F3N2OS. The first-order valence-electron chi connectivity index (χ1n) is 9.06. The molecule has 0 N–H and O–H groups in total. The lowest BCUT2D eigenvalue weighted by molar-refractivity contribution is -0.138. The molecule has 7 heteroatoms. The zero-order valence-corrected chi connectivity index (χ0v) is 17.2. The highest BCUT2D eigenvalue weighted by Crippen LogP contribution is 2.38. The van der Waals surface area contributed by atoms with Crippen LogP contribution in [0, 0.1) is 24.2 Å². The minimum absolute atomic E-state index is 0.102. The molecule has 3 nitrogen and oxygen atoms in total. The van der Waals surface area contributed by atoms with Gasteiger partial charge in [0, 0.05) is 5.56 Å². The van der Waals surface area contributed by atoms with E-state index in [1.54, 1.807) is 31.2 Å². The van der Waals surface area contributed by atoms with Gasteiger partial charge >= 0.3 is 6.18 Å². The highest BCUT2D eigenvalue weighted by molar-refractivity contribution is 7.99. The second kappa shape index (κ2) is 9.33. The molecule has 28 heavy (non-hydrogen) atoms. The van der Waals surface area contributed by atoms with Gasteiger partial charge in [-0.15, -0.1) is 11.8 Å². The van der Waals surface area contributed by atoms with Crippen LogP contribution in [0.3, 0.4) is 0 Å². The van der Waals surface area contributed by atoms with E-state index < -0.39 is 17.3 Å². The van der Waals surface area contributed by atoms with Gasteiger partial charge in [0.2, 0.25) is 0 Å². The van der Waals surface area contributed by atoms with Gasteiger partial charge in [0.15, 0.2) is 0 Å². The summed E-state index contributed by atoms with van der Waals surface area (Å²) in [5.74, 6) is 1.75. The smallest absolute Gasteiger partial charge is 0.417 e. The minimum Gasteiger partial charge on any atom is -0.493 e. The lowest BCUT2D eigenvalue weighted by Gasteiger charge is -2.15. The molecule has 0 amide bonds. The van der Waals surface area contributed by atoms with E-state index in [9.17, 15) is 18.4 Å². The maximum atomic E-state index is 13.5. The number of nitrogens with zero attached hydrogens (tertiary/aromatic N) is 2. The number of alkyl halides is 3. The van der Waals surface area contributed by atoms with Crippen LogP contribution in [0.2, 0.25) is 0 Å². The van der Waals surface area contributed by atoms with Gasteiger partial charge in [-0.05, 0) is 54.8 Å². The fraction of sp³-hybridized carbons (Fsp3) is 0.429. The zero-order chi connectivity index (χ0) is 20.9. The molecule has 1 heterocycles. The Labute approximate surface area is 167 Å². The van der Waals surface area contributed by atoms with Crippen molar-refractivity contribution < 1.29 is 17.9 Å². The van der Waals surface area contributed by atoms with Gasteiger partial charge in [0.1, 0.15) is 16.8 Å². The molecule has 0 atom stereocenters. The van der Waals surface area contributed by atoms with Gasteiger partial charge in [-0.25, -0.2) is 4.98 Å². The summed E-state index contributed by atoms with van der Waals surface area (Å²) in [6.07, 6.45) is -3.70. The van der Waals surface area contributed by atoms with E-state index in [1.165, 1.54) is 0 Å². The van der Waals surface area contributed by atoms with E-state index in [0.717, 1.165) is 29.8 Å².